The van der Waals surface area contributed by atoms with Gasteiger partial charge in [0.15, 0.2) is 5.69 Å². The van der Waals surface area contributed by atoms with Crippen molar-refractivity contribution in [1.82, 2.24) is 14.7 Å². The number of benzene rings is 2. The van der Waals surface area contributed by atoms with Crippen molar-refractivity contribution in [3.8, 4) is 22.4 Å². The van der Waals surface area contributed by atoms with Crippen molar-refractivity contribution in [2.24, 2.45) is 0 Å². The van der Waals surface area contributed by atoms with Gasteiger partial charge >= 0.3 is 12.1 Å². The van der Waals surface area contributed by atoms with Crippen molar-refractivity contribution in [3.05, 3.63) is 58.7 Å². The van der Waals surface area contributed by atoms with Gasteiger partial charge in [-0.15, -0.1) is 0 Å². The number of hydrogen-bond acceptors (Lipinski definition) is 5. The van der Waals surface area contributed by atoms with Gasteiger partial charge in [0.25, 0.3) is 0 Å². The Kier molecular flexibility index (Phi) is 9.48. The molecule has 0 radical (unpaired) electrons. The van der Waals surface area contributed by atoms with Crippen LogP contribution in [0.1, 0.15) is 19.5 Å². The van der Waals surface area contributed by atoms with E-state index in [4.69, 9.17) is 4.74 Å². The second kappa shape index (κ2) is 12.2. The van der Waals surface area contributed by atoms with Gasteiger partial charge in [0.1, 0.15) is 13.2 Å². The van der Waals surface area contributed by atoms with Crippen LogP contribution in [0.3, 0.4) is 0 Å². The van der Waals surface area contributed by atoms with Crippen LogP contribution >= 0.6 is 15.9 Å². The number of esters is 1. The molecule has 1 heterocycles. The molecule has 0 saturated carbocycles. The summed E-state index contributed by atoms with van der Waals surface area (Å²) in [5.41, 5.74) is 1.09. The Balaban J connectivity index is 1.89. The number of aromatic nitrogens is 2. The minimum Gasteiger partial charge on any atom is -0.463 e. The average molecular weight is 586 g/mol. The molecule has 1 aromatic heterocycles. The van der Waals surface area contributed by atoms with Gasteiger partial charge in [-0.25, -0.2) is 0 Å². The largest absolute Gasteiger partial charge is 0.463 e. The van der Waals surface area contributed by atoms with Crippen LogP contribution in [0.5, 0.6) is 0 Å². The van der Waals surface area contributed by atoms with Gasteiger partial charge in [0.2, 0.25) is 0 Å². The molecule has 1 unspecified atom stereocenters. The van der Waals surface area contributed by atoms with Crippen LogP contribution in [0, 0.1) is 0 Å². The molecular weight excluding hydrogens is 559 g/mol. The molecule has 0 aliphatic heterocycles. The number of alkyl halides is 3. The molecule has 194 valence electrons. The first-order valence-electron chi connectivity index (χ1n) is 11.3. The average Bonchev–Trinajstić information content (AvgIpc) is 3.18. The molecule has 1 atom stereocenters. The summed E-state index contributed by atoms with van der Waals surface area (Å²) < 4.78 is 58.6. The molecule has 0 amide bonds. The molecule has 6 nitrogen and oxygen atoms in total. The molecule has 0 saturated heterocycles. The van der Waals surface area contributed by atoms with Crippen LogP contribution in [0.15, 0.2) is 57.9 Å². The van der Waals surface area contributed by atoms with Crippen LogP contribution < -0.4 is 0 Å². The fourth-order valence-electron chi connectivity index (χ4n) is 3.68. The van der Waals surface area contributed by atoms with E-state index in [1.54, 1.807) is 48.7 Å². The summed E-state index contributed by atoms with van der Waals surface area (Å²) in [5.74, 6) is -0.673. The zero-order valence-electron chi connectivity index (χ0n) is 20.1. The maximum Gasteiger partial charge on any atom is 0.436 e. The van der Waals surface area contributed by atoms with Gasteiger partial charge in [-0.05, 0) is 52.3 Å². The van der Waals surface area contributed by atoms with Gasteiger partial charge in [0, 0.05) is 34.1 Å². The normalized spacial score (nSPS) is 12.7. The number of carbonyl (C=O) groups is 1. The Bertz CT molecular complexity index is 1230. The van der Waals surface area contributed by atoms with Crippen molar-refractivity contribution in [3.63, 3.8) is 0 Å². The molecule has 36 heavy (non-hydrogen) atoms. The number of hydrogen-bond donors (Lipinski definition) is 0. The van der Waals surface area contributed by atoms with E-state index in [-0.39, 0.29) is 16.8 Å². The molecule has 0 bridgehead atoms. The van der Waals surface area contributed by atoms with E-state index < -0.39 is 35.2 Å². The zero-order valence-corrected chi connectivity index (χ0v) is 22.5. The summed E-state index contributed by atoms with van der Waals surface area (Å²) in [7, 11) is -1.14. The fourth-order valence-corrected chi connectivity index (χ4v) is 4.98. The van der Waals surface area contributed by atoms with Crippen LogP contribution in [0.25, 0.3) is 22.4 Å². The smallest absolute Gasteiger partial charge is 0.436 e. The van der Waals surface area contributed by atoms with E-state index in [1.165, 1.54) is 0 Å². The van der Waals surface area contributed by atoms with Gasteiger partial charge < -0.3 is 9.64 Å². The third-order valence-corrected chi connectivity index (χ3v) is 7.33. The van der Waals surface area contributed by atoms with E-state index in [1.807, 2.05) is 19.9 Å². The van der Waals surface area contributed by atoms with Gasteiger partial charge in [-0.1, -0.05) is 50.2 Å². The van der Waals surface area contributed by atoms with Crippen molar-refractivity contribution in [1.29, 1.82) is 0 Å². The van der Waals surface area contributed by atoms with Crippen LogP contribution in [-0.4, -0.2) is 57.4 Å². The molecule has 0 fully saturated rings. The van der Waals surface area contributed by atoms with Crippen LogP contribution in [0.2, 0.25) is 0 Å². The Morgan fingerprint density at radius 1 is 1.08 bits per heavy atom. The van der Waals surface area contributed by atoms with Gasteiger partial charge in [0.05, 0.1) is 10.2 Å². The minimum absolute atomic E-state index is 0.123. The first kappa shape index (κ1) is 28.1. The van der Waals surface area contributed by atoms with Crippen molar-refractivity contribution in [2.45, 2.75) is 31.5 Å². The molecule has 0 spiro atoms. The number of rotatable bonds is 10. The summed E-state index contributed by atoms with van der Waals surface area (Å²) in [6, 6.07) is 14.1. The standard InChI is InChI=1S/C25H27BrF3N3O3S/c1-4-31(5-2)13-14-35-21(33)16-32-23(22(26)24(30-32)25(27,28)29)18-11-9-17(10-12-18)19-7-6-8-20(15-19)36(3)34/h6-12,15H,4-5,13-14,16H2,1-3H3. The van der Waals surface area contributed by atoms with Gasteiger partial charge in [-0.3, -0.25) is 13.7 Å². The highest BCUT2D eigenvalue weighted by atomic mass is 79.9. The van der Waals surface area contributed by atoms with Gasteiger partial charge in [-0.2, -0.15) is 18.3 Å². The number of ether oxygens (including phenoxy) is 1. The second-order valence-electron chi connectivity index (χ2n) is 7.97. The molecule has 0 N–H and O–H groups in total. The minimum atomic E-state index is -4.71. The zero-order chi connectivity index (χ0) is 26.5. The van der Waals surface area contributed by atoms with E-state index >= 15 is 0 Å². The third kappa shape index (κ3) is 6.83. The highest BCUT2D eigenvalue weighted by Crippen LogP contribution is 2.40. The van der Waals surface area contributed by atoms with Crippen LogP contribution in [-0.2, 0) is 33.1 Å². The molecule has 0 aliphatic carbocycles. The number of nitrogens with zero attached hydrogens (tertiary/aromatic N) is 3. The van der Waals surface area contributed by atoms with Crippen LogP contribution in [0.4, 0.5) is 13.2 Å². The highest BCUT2D eigenvalue weighted by Gasteiger charge is 2.39. The second-order valence-corrected chi connectivity index (χ2v) is 10.1. The van der Waals surface area contributed by atoms with E-state index in [9.17, 15) is 22.2 Å². The molecule has 3 aromatic rings. The number of likely N-dealkylation sites (N-methyl/N-ethyl adjacent to an activating group) is 1. The molecule has 0 aliphatic rings. The summed E-state index contributed by atoms with van der Waals surface area (Å²) in [4.78, 5) is 15.2. The first-order valence-corrected chi connectivity index (χ1v) is 13.7. The Morgan fingerprint density at radius 2 is 1.72 bits per heavy atom. The summed E-state index contributed by atoms with van der Waals surface area (Å²) >= 11 is 3.05. The van der Waals surface area contributed by atoms with E-state index in [0.29, 0.717) is 17.0 Å². The monoisotopic (exact) mass is 585 g/mol. The Morgan fingerprint density at radius 3 is 2.31 bits per heavy atom. The predicted octanol–water partition coefficient (Wildman–Crippen LogP) is 5.62. The quantitative estimate of drug-likeness (QED) is 0.289. The molecular formula is C25H27BrF3N3O3S. The maximum atomic E-state index is 13.6. The number of carbonyl (C=O) groups excluding carboxylic acids is 1. The third-order valence-electron chi connectivity index (χ3n) is 5.66. The highest BCUT2D eigenvalue weighted by molar-refractivity contribution is 9.10. The lowest BCUT2D eigenvalue weighted by Gasteiger charge is -2.17. The van der Waals surface area contributed by atoms with Crippen molar-refractivity contribution >= 4 is 32.7 Å². The molecule has 3 rings (SSSR count). The Labute approximate surface area is 219 Å². The Hall–Kier alpha value is -2.50. The van der Waals surface area contributed by atoms with E-state index in [2.05, 4.69) is 25.9 Å². The predicted molar refractivity (Wildman–Crippen MR) is 137 cm³/mol. The SMILES string of the molecule is CCN(CC)CCOC(=O)Cn1nc(C(F)(F)F)c(Br)c1-c1ccc(-c2cccc(S(C)=O)c2)cc1. The fraction of sp³-hybridized carbons (Fsp3) is 0.360. The lowest BCUT2D eigenvalue weighted by Crippen LogP contribution is -2.28. The number of halogens is 4. The molecule has 2 aromatic carbocycles. The first-order chi connectivity index (χ1) is 17.0. The summed E-state index contributed by atoms with van der Waals surface area (Å²) in [6.45, 7) is 5.80. The lowest BCUT2D eigenvalue weighted by molar-refractivity contribution is -0.146. The molecule has 11 heteroatoms. The maximum absolute atomic E-state index is 13.6. The van der Waals surface area contributed by atoms with E-state index in [0.717, 1.165) is 28.9 Å². The summed E-state index contributed by atoms with van der Waals surface area (Å²) in [5, 5.41) is 3.68. The van der Waals surface area contributed by atoms with Crippen molar-refractivity contribution in [2.75, 3.05) is 32.5 Å². The lowest BCUT2D eigenvalue weighted by atomic mass is 10.0. The van der Waals surface area contributed by atoms with Crippen molar-refractivity contribution < 1.29 is 26.9 Å². The topological polar surface area (TPSA) is 64.4 Å². The summed E-state index contributed by atoms with van der Waals surface area (Å²) in [6.07, 6.45) is -3.12.